The molecular weight excluding hydrogens is 244 g/mol. The maximum atomic E-state index is 12.0. The first-order chi connectivity index (χ1) is 8.89. The lowest BCUT2D eigenvalue weighted by atomic mass is 9.80. The summed E-state index contributed by atoms with van der Waals surface area (Å²) in [5.41, 5.74) is 4.82. The first-order valence-electron chi connectivity index (χ1n) is 7.10. The minimum atomic E-state index is -0.754. The Kier molecular flexibility index (Phi) is 5.79. The van der Waals surface area contributed by atoms with E-state index in [9.17, 15) is 9.59 Å². The smallest absolute Gasteiger partial charge is 0.309 e. The summed E-state index contributed by atoms with van der Waals surface area (Å²) in [4.78, 5) is 25.0. The van der Waals surface area contributed by atoms with Crippen LogP contribution in [0.5, 0.6) is 0 Å². The van der Waals surface area contributed by atoms with Gasteiger partial charge < -0.3 is 15.7 Å². The second kappa shape index (κ2) is 6.89. The molecular formula is C14H26N2O3. The van der Waals surface area contributed by atoms with Gasteiger partial charge in [0.2, 0.25) is 5.91 Å². The number of amides is 1. The molecule has 1 aliphatic rings. The van der Waals surface area contributed by atoms with Crippen LogP contribution in [-0.2, 0) is 9.59 Å². The molecule has 1 rings (SSSR count). The number of hydrogen-bond donors (Lipinski definition) is 2. The van der Waals surface area contributed by atoms with Gasteiger partial charge in [0.05, 0.1) is 5.41 Å². The molecule has 110 valence electrons. The fourth-order valence-electron chi connectivity index (χ4n) is 2.42. The molecule has 1 unspecified atom stereocenters. The molecule has 1 saturated heterocycles. The minimum Gasteiger partial charge on any atom is -0.481 e. The van der Waals surface area contributed by atoms with Gasteiger partial charge in [0, 0.05) is 19.5 Å². The Morgan fingerprint density at radius 3 is 2.37 bits per heavy atom. The number of nitrogens with two attached hydrogens (primary N) is 1. The second-order valence-corrected chi connectivity index (χ2v) is 5.97. The summed E-state index contributed by atoms with van der Waals surface area (Å²) < 4.78 is 0. The molecule has 1 amide bonds. The van der Waals surface area contributed by atoms with Gasteiger partial charge in [0.1, 0.15) is 0 Å². The number of nitrogens with zero attached hydrogens (tertiary/aromatic N) is 1. The van der Waals surface area contributed by atoms with Gasteiger partial charge in [-0.15, -0.1) is 0 Å². The molecule has 0 aromatic rings. The molecule has 1 heterocycles. The van der Waals surface area contributed by atoms with Crippen molar-refractivity contribution in [3.05, 3.63) is 0 Å². The summed E-state index contributed by atoms with van der Waals surface area (Å²) in [5.74, 6) is -0.129. The first-order valence-corrected chi connectivity index (χ1v) is 7.10. The van der Waals surface area contributed by atoms with Crippen LogP contribution >= 0.6 is 0 Å². The quantitative estimate of drug-likeness (QED) is 0.765. The zero-order valence-corrected chi connectivity index (χ0v) is 12.0. The number of hydrogen-bond acceptors (Lipinski definition) is 3. The van der Waals surface area contributed by atoms with Crippen LogP contribution in [0, 0.1) is 11.3 Å². The lowest BCUT2D eigenvalue weighted by molar-refractivity contribution is -0.153. The van der Waals surface area contributed by atoms with Gasteiger partial charge in [-0.25, -0.2) is 0 Å². The molecule has 5 heteroatoms. The van der Waals surface area contributed by atoms with Crippen LogP contribution in [0.4, 0.5) is 0 Å². The molecule has 3 N–H and O–H groups in total. The molecule has 0 aliphatic carbocycles. The highest BCUT2D eigenvalue weighted by molar-refractivity contribution is 5.78. The highest BCUT2D eigenvalue weighted by Crippen LogP contribution is 2.31. The molecule has 1 fully saturated rings. The number of carbonyl (C=O) groups is 2. The van der Waals surface area contributed by atoms with Crippen LogP contribution in [0.25, 0.3) is 0 Å². The van der Waals surface area contributed by atoms with Crippen LogP contribution in [0.1, 0.15) is 46.0 Å². The van der Waals surface area contributed by atoms with Crippen molar-refractivity contribution in [1.29, 1.82) is 0 Å². The molecule has 0 aromatic carbocycles. The number of carboxylic acid groups (broad SMARTS) is 1. The largest absolute Gasteiger partial charge is 0.481 e. The third kappa shape index (κ3) is 4.49. The Bertz CT molecular complexity index is 323. The minimum absolute atomic E-state index is 0.149. The van der Waals surface area contributed by atoms with E-state index in [4.69, 9.17) is 10.8 Å². The summed E-state index contributed by atoms with van der Waals surface area (Å²) in [7, 11) is 0. The molecule has 5 nitrogen and oxygen atoms in total. The van der Waals surface area contributed by atoms with Crippen molar-refractivity contribution in [3.8, 4) is 0 Å². The third-order valence-corrected chi connectivity index (χ3v) is 4.25. The molecule has 19 heavy (non-hydrogen) atoms. The third-order valence-electron chi connectivity index (χ3n) is 4.25. The van der Waals surface area contributed by atoms with E-state index in [1.807, 2.05) is 0 Å². The standard InChI is InChI=1S/C14H26N2O3/c1-11(5-8-15)3-4-12(17)16-9-6-14(2,7-10-16)13(18)19/h11H,3-10,15H2,1-2H3,(H,18,19). The van der Waals surface area contributed by atoms with Crippen molar-refractivity contribution in [2.45, 2.75) is 46.0 Å². The SMILES string of the molecule is CC(CCN)CCC(=O)N1CCC(C)(C(=O)O)CC1. The zero-order chi connectivity index (χ0) is 14.5. The molecule has 0 radical (unpaired) electrons. The highest BCUT2D eigenvalue weighted by atomic mass is 16.4. The van der Waals surface area contributed by atoms with E-state index in [1.54, 1.807) is 11.8 Å². The van der Waals surface area contributed by atoms with Gasteiger partial charge in [0.15, 0.2) is 0 Å². The maximum Gasteiger partial charge on any atom is 0.309 e. The van der Waals surface area contributed by atoms with E-state index >= 15 is 0 Å². The van der Waals surface area contributed by atoms with E-state index in [-0.39, 0.29) is 5.91 Å². The number of carboxylic acids is 1. The number of likely N-dealkylation sites (tertiary alicyclic amines) is 1. The highest BCUT2D eigenvalue weighted by Gasteiger charge is 2.37. The van der Waals surface area contributed by atoms with Crippen molar-refractivity contribution in [2.75, 3.05) is 19.6 Å². The van der Waals surface area contributed by atoms with Gasteiger partial charge in [0.25, 0.3) is 0 Å². The summed E-state index contributed by atoms with van der Waals surface area (Å²) in [6, 6.07) is 0. The fourth-order valence-corrected chi connectivity index (χ4v) is 2.42. The van der Waals surface area contributed by atoms with Crippen molar-refractivity contribution >= 4 is 11.9 Å². The van der Waals surface area contributed by atoms with Crippen molar-refractivity contribution in [2.24, 2.45) is 17.1 Å². The Morgan fingerprint density at radius 2 is 1.89 bits per heavy atom. The topological polar surface area (TPSA) is 83.6 Å². The second-order valence-electron chi connectivity index (χ2n) is 5.97. The van der Waals surface area contributed by atoms with Crippen molar-refractivity contribution < 1.29 is 14.7 Å². The maximum absolute atomic E-state index is 12.0. The number of carbonyl (C=O) groups excluding carboxylic acids is 1. The average molecular weight is 270 g/mol. The van der Waals surface area contributed by atoms with Crippen molar-refractivity contribution in [3.63, 3.8) is 0 Å². The van der Waals surface area contributed by atoms with Gasteiger partial charge >= 0.3 is 5.97 Å². The van der Waals surface area contributed by atoms with Crippen LogP contribution < -0.4 is 5.73 Å². The number of piperidine rings is 1. The summed E-state index contributed by atoms with van der Waals surface area (Å²) >= 11 is 0. The lowest BCUT2D eigenvalue weighted by Crippen LogP contribution is -2.45. The van der Waals surface area contributed by atoms with E-state index in [0.717, 1.165) is 12.8 Å². The average Bonchev–Trinajstić information content (AvgIpc) is 2.37. The normalized spacial score (nSPS) is 20.1. The summed E-state index contributed by atoms with van der Waals surface area (Å²) in [6.07, 6.45) is 3.46. The predicted octanol–water partition coefficient (Wildman–Crippen LogP) is 1.46. The van der Waals surface area contributed by atoms with Crippen molar-refractivity contribution in [1.82, 2.24) is 4.90 Å². The molecule has 0 spiro atoms. The predicted molar refractivity (Wildman–Crippen MR) is 73.6 cm³/mol. The van der Waals surface area contributed by atoms with E-state index in [1.165, 1.54) is 0 Å². The van der Waals surface area contributed by atoms with Gasteiger partial charge in [-0.1, -0.05) is 6.92 Å². The zero-order valence-electron chi connectivity index (χ0n) is 12.0. The molecule has 0 aromatic heterocycles. The van der Waals surface area contributed by atoms with E-state index in [2.05, 4.69) is 6.92 Å². The molecule has 0 saturated carbocycles. The van der Waals surface area contributed by atoms with Crippen LogP contribution in [0.15, 0.2) is 0 Å². The first kappa shape index (κ1) is 16.0. The number of rotatable bonds is 6. The molecule has 1 aliphatic heterocycles. The fraction of sp³-hybridized carbons (Fsp3) is 0.857. The Balaban J connectivity index is 2.35. The Hall–Kier alpha value is -1.10. The monoisotopic (exact) mass is 270 g/mol. The van der Waals surface area contributed by atoms with Crippen LogP contribution in [0.3, 0.4) is 0 Å². The summed E-state index contributed by atoms with van der Waals surface area (Å²) in [6.45, 7) is 5.66. The van der Waals surface area contributed by atoms with Gasteiger partial charge in [-0.2, -0.15) is 0 Å². The molecule has 1 atom stereocenters. The van der Waals surface area contributed by atoms with Crippen LogP contribution in [0.2, 0.25) is 0 Å². The van der Waals surface area contributed by atoms with Crippen LogP contribution in [-0.4, -0.2) is 41.5 Å². The number of aliphatic carboxylic acids is 1. The van der Waals surface area contributed by atoms with E-state index < -0.39 is 11.4 Å². The lowest BCUT2D eigenvalue weighted by Gasteiger charge is -2.36. The van der Waals surface area contributed by atoms with E-state index in [0.29, 0.717) is 44.8 Å². The van der Waals surface area contributed by atoms with Gasteiger partial charge in [-0.05, 0) is 45.1 Å². The Morgan fingerprint density at radius 1 is 1.32 bits per heavy atom. The van der Waals surface area contributed by atoms with Gasteiger partial charge in [-0.3, -0.25) is 9.59 Å². The Labute approximate surface area is 115 Å². The molecule has 0 bridgehead atoms. The summed E-state index contributed by atoms with van der Waals surface area (Å²) in [5, 5.41) is 9.14.